The smallest absolute Gasteiger partial charge is 0.163 e. The number of fused-ring (bicyclic) bond motifs is 1. The molecule has 0 unspecified atom stereocenters. The third kappa shape index (κ3) is 2.31. The van der Waals surface area contributed by atoms with Crippen LogP contribution >= 0.6 is 15.9 Å². The largest absolute Gasteiger partial charge is 0.486 e. The summed E-state index contributed by atoms with van der Waals surface area (Å²) in [6.07, 6.45) is 1.91. The van der Waals surface area contributed by atoms with Gasteiger partial charge in [0.05, 0.1) is 12.2 Å². The van der Waals surface area contributed by atoms with Crippen LogP contribution in [0, 0.1) is 0 Å². The highest BCUT2D eigenvalue weighted by Crippen LogP contribution is 2.38. The van der Waals surface area contributed by atoms with Gasteiger partial charge in [0, 0.05) is 28.5 Å². The van der Waals surface area contributed by atoms with Crippen molar-refractivity contribution in [1.29, 1.82) is 0 Å². The predicted octanol–water partition coefficient (Wildman–Crippen LogP) is 3.16. The van der Waals surface area contributed by atoms with E-state index in [0.717, 1.165) is 33.9 Å². The number of aromatic amines is 1. The highest BCUT2D eigenvalue weighted by atomic mass is 79.9. The highest BCUT2D eigenvalue weighted by molar-refractivity contribution is 9.10. The molecule has 3 rings (SSSR count). The standard InChI is InChI=1S/C13H13BrN2O2/c14-10-6-12-13(18-5-4-17-12)7-11(10)16-8-9-2-1-3-15-9/h1-3,6-7,15-16H,4-5,8H2. The van der Waals surface area contributed by atoms with Crippen LogP contribution in [0.1, 0.15) is 5.69 Å². The fourth-order valence-corrected chi connectivity index (χ4v) is 2.33. The third-order valence-corrected chi connectivity index (χ3v) is 3.42. The summed E-state index contributed by atoms with van der Waals surface area (Å²) in [5, 5.41) is 3.35. The molecule has 2 N–H and O–H groups in total. The molecule has 4 nitrogen and oxygen atoms in total. The number of hydrogen-bond donors (Lipinski definition) is 2. The number of ether oxygens (including phenoxy) is 2. The monoisotopic (exact) mass is 308 g/mol. The van der Waals surface area contributed by atoms with Gasteiger partial charge >= 0.3 is 0 Å². The Morgan fingerprint density at radius 2 is 2.00 bits per heavy atom. The summed E-state index contributed by atoms with van der Waals surface area (Å²) in [7, 11) is 0. The second kappa shape index (κ2) is 4.94. The van der Waals surface area contributed by atoms with E-state index in [4.69, 9.17) is 9.47 Å². The lowest BCUT2D eigenvalue weighted by atomic mass is 10.2. The zero-order valence-electron chi connectivity index (χ0n) is 9.70. The molecule has 94 valence electrons. The molecule has 1 aliphatic rings. The normalized spacial score (nSPS) is 13.4. The van der Waals surface area contributed by atoms with Crippen molar-refractivity contribution in [3.8, 4) is 11.5 Å². The number of nitrogens with one attached hydrogen (secondary N) is 2. The van der Waals surface area contributed by atoms with Gasteiger partial charge in [-0.15, -0.1) is 0 Å². The van der Waals surface area contributed by atoms with Crippen molar-refractivity contribution >= 4 is 21.6 Å². The van der Waals surface area contributed by atoms with Gasteiger partial charge in [0.15, 0.2) is 11.5 Å². The average Bonchev–Trinajstić information content (AvgIpc) is 2.89. The van der Waals surface area contributed by atoms with Crippen LogP contribution < -0.4 is 14.8 Å². The lowest BCUT2D eigenvalue weighted by Gasteiger charge is -2.20. The van der Waals surface area contributed by atoms with Crippen molar-refractivity contribution in [3.63, 3.8) is 0 Å². The molecule has 1 aromatic heterocycles. The summed E-state index contributed by atoms with van der Waals surface area (Å²) in [5.74, 6) is 1.58. The van der Waals surface area contributed by atoms with Crippen LogP contribution in [0.5, 0.6) is 11.5 Å². The molecule has 0 aliphatic carbocycles. The molecule has 18 heavy (non-hydrogen) atoms. The van der Waals surface area contributed by atoms with E-state index in [1.807, 2.05) is 30.5 Å². The van der Waals surface area contributed by atoms with Crippen LogP contribution in [-0.2, 0) is 6.54 Å². The summed E-state index contributed by atoms with van der Waals surface area (Å²) >= 11 is 3.53. The lowest BCUT2D eigenvalue weighted by molar-refractivity contribution is 0.171. The number of benzene rings is 1. The summed E-state index contributed by atoms with van der Waals surface area (Å²) in [4.78, 5) is 3.16. The van der Waals surface area contributed by atoms with Crippen LogP contribution in [-0.4, -0.2) is 18.2 Å². The fraction of sp³-hybridized carbons (Fsp3) is 0.231. The van der Waals surface area contributed by atoms with Crippen LogP contribution in [0.15, 0.2) is 34.9 Å². The topological polar surface area (TPSA) is 46.3 Å². The van der Waals surface area contributed by atoms with Crippen LogP contribution in [0.25, 0.3) is 0 Å². The molecule has 0 amide bonds. The van der Waals surface area contributed by atoms with Crippen molar-refractivity contribution in [1.82, 2.24) is 4.98 Å². The molecular formula is C13H13BrN2O2. The van der Waals surface area contributed by atoms with Crippen LogP contribution in [0.3, 0.4) is 0 Å². The van der Waals surface area contributed by atoms with Crippen molar-refractivity contribution < 1.29 is 9.47 Å². The summed E-state index contributed by atoms with van der Waals surface area (Å²) < 4.78 is 12.1. The van der Waals surface area contributed by atoms with E-state index in [9.17, 15) is 0 Å². The quantitative estimate of drug-likeness (QED) is 0.915. The first-order valence-electron chi connectivity index (χ1n) is 5.78. The van der Waals surface area contributed by atoms with Gasteiger partial charge < -0.3 is 19.8 Å². The summed E-state index contributed by atoms with van der Waals surface area (Å²) in [6.45, 7) is 1.95. The minimum atomic E-state index is 0.602. The molecule has 1 aromatic carbocycles. The van der Waals surface area contributed by atoms with E-state index in [1.165, 1.54) is 0 Å². The van der Waals surface area contributed by atoms with E-state index in [1.54, 1.807) is 0 Å². The third-order valence-electron chi connectivity index (χ3n) is 2.76. The zero-order valence-corrected chi connectivity index (χ0v) is 11.3. The second-order valence-corrected chi connectivity index (χ2v) is 4.88. The zero-order chi connectivity index (χ0) is 12.4. The van der Waals surface area contributed by atoms with Crippen LogP contribution in [0.4, 0.5) is 5.69 Å². The van der Waals surface area contributed by atoms with E-state index in [2.05, 4.69) is 26.2 Å². The molecule has 0 bridgehead atoms. The first kappa shape index (κ1) is 11.5. The van der Waals surface area contributed by atoms with E-state index in [-0.39, 0.29) is 0 Å². The van der Waals surface area contributed by atoms with Gasteiger partial charge in [-0.05, 0) is 28.1 Å². The molecule has 0 saturated heterocycles. The highest BCUT2D eigenvalue weighted by Gasteiger charge is 2.14. The Bertz CT molecular complexity index is 540. The molecule has 0 fully saturated rings. The average molecular weight is 309 g/mol. The predicted molar refractivity (Wildman–Crippen MR) is 73.3 cm³/mol. The summed E-state index contributed by atoms with van der Waals surface area (Å²) in [5.41, 5.74) is 2.13. The first-order chi connectivity index (χ1) is 8.83. The molecule has 0 spiro atoms. The van der Waals surface area contributed by atoms with Crippen molar-refractivity contribution in [2.75, 3.05) is 18.5 Å². The minimum absolute atomic E-state index is 0.602. The molecule has 0 saturated carbocycles. The number of anilines is 1. The maximum atomic E-state index is 5.56. The molecule has 1 aliphatic heterocycles. The molecule has 0 radical (unpaired) electrons. The maximum Gasteiger partial charge on any atom is 0.163 e. The molecule has 5 heteroatoms. The van der Waals surface area contributed by atoms with Gasteiger partial charge in [-0.25, -0.2) is 0 Å². The first-order valence-corrected chi connectivity index (χ1v) is 6.57. The van der Waals surface area contributed by atoms with E-state index >= 15 is 0 Å². The van der Waals surface area contributed by atoms with Gasteiger partial charge in [0.2, 0.25) is 0 Å². The van der Waals surface area contributed by atoms with Gasteiger partial charge in [-0.1, -0.05) is 0 Å². The van der Waals surface area contributed by atoms with Crippen molar-refractivity contribution in [3.05, 3.63) is 40.6 Å². The number of rotatable bonds is 3. The number of H-pyrrole nitrogens is 1. The Balaban J connectivity index is 1.79. The van der Waals surface area contributed by atoms with Crippen molar-refractivity contribution in [2.24, 2.45) is 0 Å². The van der Waals surface area contributed by atoms with E-state index in [0.29, 0.717) is 13.2 Å². The Morgan fingerprint density at radius 1 is 1.22 bits per heavy atom. The minimum Gasteiger partial charge on any atom is -0.486 e. The molecular weight excluding hydrogens is 296 g/mol. The van der Waals surface area contributed by atoms with Crippen molar-refractivity contribution in [2.45, 2.75) is 6.54 Å². The molecule has 2 heterocycles. The Kier molecular flexibility index (Phi) is 3.15. The maximum absolute atomic E-state index is 5.56. The van der Waals surface area contributed by atoms with Gasteiger partial charge in [-0.3, -0.25) is 0 Å². The van der Waals surface area contributed by atoms with E-state index < -0.39 is 0 Å². The molecule has 2 aromatic rings. The fourth-order valence-electron chi connectivity index (χ4n) is 1.87. The number of hydrogen-bond acceptors (Lipinski definition) is 3. The number of halogens is 1. The Morgan fingerprint density at radius 3 is 2.72 bits per heavy atom. The van der Waals surface area contributed by atoms with Gasteiger partial charge in [0.25, 0.3) is 0 Å². The number of aromatic nitrogens is 1. The Labute approximate surface area is 113 Å². The van der Waals surface area contributed by atoms with Crippen LogP contribution in [0.2, 0.25) is 0 Å². The van der Waals surface area contributed by atoms with Gasteiger partial charge in [0.1, 0.15) is 13.2 Å². The summed E-state index contributed by atoms with van der Waals surface area (Å²) in [6, 6.07) is 7.92. The second-order valence-electron chi connectivity index (χ2n) is 4.02. The SMILES string of the molecule is Brc1cc2c(cc1NCc1ccc[nH]1)OCCO2. The van der Waals surface area contributed by atoms with Gasteiger partial charge in [-0.2, -0.15) is 0 Å². The Hall–Kier alpha value is -1.62. The molecule has 0 atom stereocenters. The lowest BCUT2D eigenvalue weighted by Crippen LogP contribution is -2.15.